The molecule has 0 saturated carbocycles. The number of hydrogen-bond donors (Lipinski definition) is 0. The van der Waals surface area contributed by atoms with E-state index in [2.05, 4.69) is 0 Å². The molecule has 0 N–H and O–H groups in total. The van der Waals surface area contributed by atoms with E-state index in [1.165, 1.54) is 12.0 Å². The van der Waals surface area contributed by atoms with Crippen molar-refractivity contribution in [3.63, 3.8) is 0 Å². The average molecular weight is 395 g/mol. The first-order valence-electron chi connectivity index (χ1n) is 7.79. The maximum absolute atomic E-state index is 12.2. The van der Waals surface area contributed by atoms with E-state index in [-0.39, 0.29) is 17.8 Å². The van der Waals surface area contributed by atoms with Gasteiger partial charge in [0.2, 0.25) is 5.91 Å². The van der Waals surface area contributed by atoms with Crippen LogP contribution in [-0.2, 0) is 20.7 Å². The van der Waals surface area contributed by atoms with Gasteiger partial charge in [-0.05, 0) is 30.9 Å². The van der Waals surface area contributed by atoms with Gasteiger partial charge in [-0.2, -0.15) is 0 Å². The first kappa shape index (κ1) is 21.1. The van der Waals surface area contributed by atoms with E-state index in [1.807, 2.05) is 13.8 Å². The summed E-state index contributed by atoms with van der Waals surface area (Å²) in [4.78, 5) is 25.5. The summed E-state index contributed by atoms with van der Waals surface area (Å²) in [5.74, 6) is -0.776. The molecule has 1 aromatic carbocycles. The Bertz CT molecular complexity index is 620. The minimum atomic E-state index is -0.365. The highest BCUT2D eigenvalue weighted by Gasteiger charge is 2.25. The molecule has 0 aliphatic carbocycles. The van der Waals surface area contributed by atoms with Gasteiger partial charge in [0.05, 0.1) is 28.8 Å². The number of nitrogens with zero attached hydrogens (tertiary/aromatic N) is 1. The Labute approximate surface area is 158 Å². The first-order chi connectivity index (χ1) is 11.3. The van der Waals surface area contributed by atoms with Crippen LogP contribution in [0.2, 0.25) is 15.1 Å². The summed E-state index contributed by atoms with van der Waals surface area (Å²) in [6.45, 7) is 3.81. The van der Waals surface area contributed by atoms with Crippen LogP contribution in [0.1, 0.15) is 38.7 Å². The number of carbonyl (C=O) groups excluding carboxylic acids is 2. The van der Waals surface area contributed by atoms with Gasteiger partial charge in [-0.25, -0.2) is 0 Å². The van der Waals surface area contributed by atoms with E-state index < -0.39 is 0 Å². The van der Waals surface area contributed by atoms with E-state index in [4.69, 9.17) is 39.5 Å². The number of benzene rings is 1. The Kier molecular flexibility index (Phi) is 8.34. The lowest BCUT2D eigenvalue weighted by molar-refractivity contribution is -0.145. The lowest BCUT2D eigenvalue weighted by Crippen LogP contribution is -2.27. The van der Waals surface area contributed by atoms with Gasteiger partial charge >= 0.3 is 5.97 Å². The molecule has 7 heteroatoms. The normalized spacial score (nSPS) is 12.0. The van der Waals surface area contributed by atoms with Gasteiger partial charge < -0.3 is 9.64 Å². The molecule has 0 heterocycles. The van der Waals surface area contributed by atoms with E-state index in [1.54, 1.807) is 13.1 Å². The predicted molar refractivity (Wildman–Crippen MR) is 99.3 cm³/mol. The van der Waals surface area contributed by atoms with Crippen molar-refractivity contribution in [2.24, 2.45) is 5.92 Å². The molecule has 1 atom stereocenters. The average Bonchev–Trinajstić information content (AvgIpc) is 2.54. The molecule has 0 aliphatic heterocycles. The van der Waals surface area contributed by atoms with Gasteiger partial charge in [-0.15, -0.1) is 0 Å². The van der Waals surface area contributed by atoms with Crippen LogP contribution in [-0.4, -0.2) is 26.0 Å². The van der Waals surface area contributed by atoms with Crippen molar-refractivity contribution in [3.8, 4) is 0 Å². The molecule has 1 unspecified atom stereocenters. The fourth-order valence-electron chi connectivity index (χ4n) is 2.43. The molecule has 0 aromatic heterocycles. The number of anilines is 1. The van der Waals surface area contributed by atoms with E-state index in [0.717, 1.165) is 6.42 Å². The maximum atomic E-state index is 12.2. The molecule has 0 saturated heterocycles. The molecule has 0 fully saturated rings. The van der Waals surface area contributed by atoms with Crippen molar-refractivity contribution in [2.45, 2.75) is 39.5 Å². The Morgan fingerprint density at radius 1 is 1.21 bits per heavy atom. The fraction of sp³-hybridized carbons (Fsp3) is 0.529. The number of carbonyl (C=O) groups is 2. The zero-order valence-corrected chi connectivity index (χ0v) is 16.6. The van der Waals surface area contributed by atoms with Gasteiger partial charge in [0.25, 0.3) is 0 Å². The Morgan fingerprint density at radius 3 is 2.33 bits per heavy atom. The van der Waals surface area contributed by atoms with Crippen molar-refractivity contribution in [1.82, 2.24) is 0 Å². The number of ether oxygens (including phenoxy) is 1. The highest BCUT2D eigenvalue weighted by molar-refractivity contribution is 6.43. The van der Waals surface area contributed by atoms with Gasteiger partial charge in [-0.1, -0.05) is 48.7 Å². The number of methoxy groups -OCH3 is 1. The number of esters is 1. The van der Waals surface area contributed by atoms with Crippen LogP contribution in [0.4, 0.5) is 5.69 Å². The van der Waals surface area contributed by atoms with Crippen LogP contribution < -0.4 is 4.90 Å². The van der Waals surface area contributed by atoms with Crippen molar-refractivity contribution < 1.29 is 14.3 Å². The van der Waals surface area contributed by atoms with Crippen molar-refractivity contribution in [1.29, 1.82) is 0 Å². The molecule has 0 radical (unpaired) electrons. The molecule has 1 rings (SSSR count). The topological polar surface area (TPSA) is 46.6 Å². The van der Waals surface area contributed by atoms with Crippen molar-refractivity contribution in [2.75, 3.05) is 19.1 Å². The number of halogens is 3. The molecule has 1 aromatic rings. The third-order valence-electron chi connectivity index (χ3n) is 3.89. The molecule has 134 valence electrons. The van der Waals surface area contributed by atoms with Gasteiger partial charge in [-0.3, -0.25) is 9.59 Å². The Morgan fingerprint density at radius 2 is 1.83 bits per heavy atom. The first-order valence-corrected chi connectivity index (χ1v) is 8.92. The summed E-state index contributed by atoms with van der Waals surface area (Å²) in [5.41, 5.74) is 1.00. The minimum Gasteiger partial charge on any atom is -0.469 e. The lowest BCUT2D eigenvalue weighted by Gasteiger charge is -2.23. The third kappa shape index (κ3) is 4.78. The van der Waals surface area contributed by atoms with Gasteiger partial charge in [0, 0.05) is 18.5 Å². The van der Waals surface area contributed by atoms with Crippen LogP contribution in [0.25, 0.3) is 0 Å². The fourth-order valence-corrected chi connectivity index (χ4v) is 3.60. The zero-order chi connectivity index (χ0) is 18.4. The quantitative estimate of drug-likeness (QED) is 0.601. The molecule has 4 nitrogen and oxygen atoms in total. The van der Waals surface area contributed by atoms with Crippen molar-refractivity contribution in [3.05, 3.63) is 26.7 Å². The molecular weight excluding hydrogens is 373 g/mol. The van der Waals surface area contributed by atoms with Crippen LogP contribution in [0.3, 0.4) is 0 Å². The molecule has 0 bridgehead atoms. The predicted octanol–water partition coefficient (Wildman–Crippen LogP) is 5.15. The third-order valence-corrected chi connectivity index (χ3v) is 4.92. The highest BCUT2D eigenvalue weighted by Crippen LogP contribution is 2.41. The molecular formula is C17H22Cl3NO3. The summed E-state index contributed by atoms with van der Waals surface area (Å²) in [6, 6.07) is 1.55. The zero-order valence-electron chi connectivity index (χ0n) is 14.3. The standard InChI is InChI=1S/C17H22Cl3NO3/c1-5-7-14(22)21(3)16-13(19)9-12(18)11(15(16)20)8-10(6-2)17(23)24-4/h9-10H,5-8H2,1-4H3. The number of hydrogen-bond acceptors (Lipinski definition) is 3. The van der Waals surface area contributed by atoms with E-state index in [9.17, 15) is 9.59 Å². The molecule has 0 spiro atoms. The summed E-state index contributed by atoms with van der Waals surface area (Å²) in [7, 11) is 2.97. The smallest absolute Gasteiger partial charge is 0.308 e. The molecule has 24 heavy (non-hydrogen) atoms. The Hall–Kier alpha value is -0.970. The molecule has 0 aliphatic rings. The van der Waals surface area contributed by atoms with Crippen LogP contribution in [0.15, 0.2) is 6.07 Å². The van der Waals surface area contributed by atoms with Gasteiger partial charge in [0.15, 0.2) is 0 Å². The second-order valence-electron chi connectivity index (χ2n) is 5.52. The van der Waals surface area contributed by atoms with E-state index in [0.29, 0.717) is 45.6 Å². The lowest BCUT2D eigenvalue weighted by atomic mass is 9.96. The Balaban J connectivity index is 3.30. The number of amides is 1. The second-order valence-corrected chi connectivity index (χ2v) is 6.71. The number of rotatable bonds is 7. The summed E-state index contributed by atoms with van der Waals surface area (Å²) < 4.78 is 4.81. The summed E-state index contributed by atoms with van der Waals surface area (Å²) in [5, 5.41) is 0.959. The summed E-state index contributed by atoms with van der Waals surface area (Å²) >= 11 is 19.0. The minimum absolute atomic E-state index is 0.0884. The van der Waals surface area contributed by atoms with Crippen LogP contribution in [0.5, 0.6) is 0 Å². The molecule has 1 amide bonds. The SMILES string of the molecule is CCCC(=O)N(C)c1c(Cl)cc(Cl)c(CC(CC)C(=O)OC)c1Cl. The van der Waals surface area contributed by atoms with Crippen LogP contribution >= 0.6 is 34.8 Å². The largest absolute Gasteiger partial charge is 0.469 e. The monoisotopic (exact) mass is 393 g/mol. The van der Waals surface area contributed by atoms with E-state index >= 15 is 0 Å². The maximum Gasteiger partial charge on any atom is 0.308 e. The van der Waals surface area contributed by atoms with Gasteiger partial charge in [0.1, 0.15) is 0 Å². The highest BCUT2D eigenvalue weighted by atomic mass is 35.5. The van der Waals surface area contributed by atoms with Crippen LogP contribution in [0, 0.1) is 5.92 Å². The summed E-state index contributed by atoms with van der Waals surface area (Å²) in [6.07, 6.45) is 2.02. The van der Waals surface area contributed by atoms with Crippen molar-refractivity contribution >= 4 is 52.4 Å². The second kappa shape index (κ2) is 9.50.